The van der Waals surface area contributed by atoms with E-state index in [-0.39, 0.29) is 20.1 Å². The van der Waals surface area contributed by atoms with E-state index in [0.717, 1.165) is 76.2 Å². The second-order valence-electron chi connectivity index (χ2n) is 16.5. The SMILES string of the molecule is [Ir+3].[c-]1cc(CCc2cc(CCc3c[c-]c(-c4ccccn4)cc3)cc(-c3ccccc3-c3c[c-]c(-c4cc5c6ccccc6n(-c6ccccc6)c5cn4)cc3)c2)ccc1-c1ccccn1. The van der Waals surface area contributed by atoms with Crippen molar-refractivity contribution in [3.05, 3.63) is 253 Å². The molecule has 4 heterocycles. The maximum absolute atomic E-state index is 5.00. The van der Waals surface area contributed by atoms with Gasteiger partial charge in [0.15, 0.2) is 0 Å². The van der Waals surface area contributed by atoms with Crippen molar-refractivity contribution in [2.24, 2.45) is 0 Å². The third kappa shape index (κ3) is 8.92. The second-order valence-corrected chi connectivity index (χ2v) is 16.5. The molecule has 0 bridgehead atoms. The number of para-hydroxylation sites is 2. The number of rotatable bonds is 12. The minimum absolute atomic E-state index is 0. The first-order valence-corrected chi connectivity index (χ1v) is 22.2. The van der Waals surface area contributed by atoms with Gasteiger partial charge in [-0.3, -0.25) is 0 Å². The normalized spacial score (nSPS) is 11.2. The van der Waals surface area contributed by atoms with Crippen LogP contribution < -0.4 is 0 Å². The molecule has 0 aliphatic carbocycles. The first-order chi connectivity index (χ1) is 32.2. The molecule has 0 radical (unpaired) electrons. The van der Waals surface area contributed by atoms with E-state index >= 15 is 0 Å². The average molecular weight is 1020 g/mol. The molecular formula is C61H43IrN4. The summed E-state index contributed by atoms with van der Waals surface area (Å²) in [5.41, 5.74) is 19.0. The summed E-state index contributed by atoms with van der Waals surface area (Å²) in [6.07, 6.45) is 9.31. The molecule has 0 amide bonds. The van der Waals surface area contributed by atoms with Gasteiger partial charge in [0.25, 0.3) is 0 Å². The van der Waals surface area contributed by atoms with Gasteiger partial charge in [0.1, 0.15) is 0 Å². The number of pyridine rings is 3. The van der Waals surface area contributed by atoms with Crippen LogP contribution in [0.5, 0.6) is 0 Å². The van der Waals surface area contributed by atoms with Crippen molar-refractivity contribution >= 4 is 21.8 Å². The second kappa shape index (κ2) is 19.3. The number of hydrogen-bond donors (Lipinski definition) is 0. The predicted molar refractivity (Wildman–Crippen MR) is 266 cm³/mol. The molecule has 4 nitrogen and oxygen atoms in total. The van der Waals surface area contributed by atoms with E-state index in [4.69, 9.17) is 4.98 Å². The molecular weight excluding hydrogens is 981 g/mol. The van der Waals surface area contributed by atoms with Crippen molar-refractivity contribution < 1.29 is 20.1 Å². The Morgan fingerprint density at radius 2 is 0.924 bits per heavy atom. The van der Waals surface area contributed by atoms with Crippen LogP contribution in [0.4, 0.5) is 0 Å². The van der Waals surface area contributed by atoms with E-state index in [0.29, 0.717) is 0 Å². The zero-order chi connectivity index (χ0) is 43.4. The summed E-state index contributed by atoms with van der Waals surface area (Å²) < 4.78 is 2.30. The number of nitrogens with zero attached hydrogens (tertiary/aromatic N) is 4. The molecule has 0 unspecified atom stereocenters. The molecule has 0 saturated heterocycles. The van der Waals surface area contributed by atoms with Crippen LogP contribution >= 0.6 is 0 Å². The third-order valence-corrected chi connectivity index (χ3v) is 12.3. The summed E-state index contributed by atoms with van der Waals surface area (Å²) in [4.78, 5) is 14.0. The molecule has 0 spiro atoms. The van der Waals surface area contributed by atoms with Gasteiger partial charge >= 0.3 is 20.1 Å². The first kappa shape index (κ1) is 42.4. The Morgan fingerprint density at radius 3 is 1.52 bits per heavy atom. The van der Waals surface area contributed by atoms with Gasteiger partial charge in [0, 0.05) is 35.1 Å². The maximum Gasteiger partial charge on any atom is 3.00 e. The van der Waals surface area contributed by atoms with E-state index in [1.165, 1.54) is 55.2 Å². The van der Waals surface area contributed by atoms with Gasteiger partial charge in [0.2, 0.25) is 0 Å². The third-order valence-electron chi connectivity index (χ3n) is 12.3. The Morgan fingerprint density at radius 1 is 0.379 bits per heavy atom. The van der Waals surface area contributed by atoms with E-state index < -0.39 is 0 Å². The van der Waals surface area contributed by atoms with Crippen molar-refractivity contribution in [2.45, 2.75) is 25.7 Å². The van der Waals surface area contributed by atoms with Gasteiger partial charge in [-0.2, -0.15) is 0 Å². The average Bonchev–Trinajstić information content (AvgIpc) is 3.72. The topological polar surface area (TPSA) is 43.6 Å². The molecule has 11 rings (SSSR count). The molecule has 0 N–H and O–H groups in total. The van der Waals surface area contributed by atoms with Crippen LogP contribution in [0.25, 0.3) is 83.5 Å². The summed E-state index contributed by atoms with van der Waals surface area (Å²) >= 11 is 0. The van der Waals surface area contributed by atoms with Crippen LogP contribution in [0, 0.1) is 18.2 Å². The minimum Gasteiger partial charge on any atom is -0.308 e. The van der Waals surface area contributed by atoms with Gasteiger partial charge in [-0.15, -0.1) is 101 Å². The number of aryl methyl sites for hydroxylation is 4. The summed E-state index contributed by atoms with van der Waals surface area (Å²) in [5.74, 6) is 0. The molecule has 316 valence electrons. The predicted octanol–water partition coefficient (Wildman–Crippen LogP) is 14.3. The van der Waals surface area contributed by atoms with Gasteiger partial charge in [-0.1, -0.05) is 133 Å². The molecule has 4 aromatic heterocycles. The van der Waals surface area contributed by atoms with Crippen LogP contribution in [0.2, 0.25) is 0 Å². The Kier molecular flexibility index (Phi) is 12.4. The zero-order valence-corrected chi connectivity index (χ0v) is 38.6. The fourth-order valence-electron chi connectivity index (χ4n) is 8.98. The smallest absolute Gasteiger partial charge is 0.308 e. The first-order valence-electron chi connectivity index (χ1n) is 22.2. The Labute approximate surface area is 399 Å². The molecule has 11 aromatic rings. The van der Waals surface area contributed by atoms with Crippen LogP contribution in [0.1, 0.15) is 22.3 Å². The van der Waals surface area contributed by atoms with Gasteiger partial charge in [-0.05, 0) is 82.5 Å². The van der Waals surface area contributed by atoms with E-state index in [1.807, 2.05) is 55.0 Å². The van der Waals surface area contributed by atoms with Crippen molar-refractivity contribution in [1.82, 2.24) is 19.5 Å². The Hall–Kier alpha value is -7.56. The number of hydrogen-bond acceptors (Lipinski definition) is 3. The largest absolute Gasteiger partial charge is 3.00 e. The summed E-state index contributed by atoms with van der Waals surface area (Å²) in [5, 5.41) is 2.38. The summed E-state index contributed by atoms with van der Waals surface area (Å²) in [6, 6.07) is 79.2. The van der Waals surface area contributed by atoms with Crippen LogP contribution in [0.15, 0.2) is 213 Å². The van der Waals surface area contributed by atoms with Crippen molar-refractivity contribution in [2.75, 3.05) is 0 Å². The van der Waals surface area contributed by atoms with Crippen molar-refractivity contribution in [3.63, 3.8) is 0 Å². The van der Waals surface area contributed by atoms with Gasteiger partial charge < -0.3 is 19.5 Å². The van der Waals surface area contributed by atoms with Crippen molar-refractivity contribution in [3.8, 4) is 61.7 Å². The number of aromatic nitrogens is 4. The molecule has 7 aromatic carbocycles. The maximum atomic E-state index is 5.00. The van der Waals surface area contributed by atoms with Crippen LogP contribution in [0.3, 0.4) is 0 Å². The van der Waals surface area contributed by atoms with E-state index in [1.54, 1.807) is 0 Å². The fourth-order valence-corrected chi connectivity index (χ4v) is 8.98. The van der Waals surface area contributed by atoms with E-state index in [2.05, 4.69) is 190 Å². The number of fused-ring (bicyclic) bond motifs is 3. The van der Waals surface area contributed by atoms with Crippen molar-refractivity contribution in [1.29, 1.82) is 0 Å². The molecule has 0 saturated carbocycles. The monoisotopic (exact) mass is 1020 g/mol. The minimum atomic E-state index is 0. The molecule has 0 atom stereocenters. The van der Waals surface area contributed by atoms with Crippen LogP contribution in [-0.2, 0) is 45.8 Å². The molecule has 0 aliphatic heterocycles. The van der Waals surface area contributed by atoms with Crippen LogP contribution in [-0.4, -0.2) is 19.5 Å². The fraction of sp³-hybridized carbons (Fsp3) is 0.0656. The Bertz CT molecular complexity index is 3280. The molecule has 0 fully saturated rings. The quantitative estimate of drug-likeness (QED) is 0.115. The number of benzene rings is 7. The van der Waals surface area contributed by atoms with Gasteiger partial charge in [-0.25, -0.2) is 0 Å². The summed E-state index contributed by atoms with van der Waals surface area (Å²) in [6.45, 7) is 0. The molecule has 66 heavy (non-hydrogen) atoms. The summed E-state index contributed by atoms with van der Waals surface area (Å²) in [7, 11) is 0. The van der Waals surface area contributed by atoms with Gasteiger partial charge in [0.05, 0.1) is 11.0 Å². The molecule has 0 aliphatic rings. The Balaban J connectivity index is 0.00000511. The standard InChI is InChI=1S/C61H43N4.Ir/c1-2-12-52(13-3-1)65-60-19-7-6-16-55(60)56-41-59(64-42-61(56)65)50-34-32-47(33-35-50)53-14-4-5-15-54(53)51-39-45(22-20-43-24-28-48(29-25-43)57-17-8-10-36-62-57)38-46(40-51)23-21-44-26-30-49(31-27-44)58-18-9-11-37-63-58;/h1-19,24-28,30,32-34,36-42H,20-23H2;/q-3;+3. The zero-order valence-electron chi connectivity index (χ0n) is 36.2. The van der Waals surface area contributed by atoms with E-state index in [9.17, 15) is 0 Å². The molecule has 5 heteroatoms.